The highest BCUT2D eigenvalue weighted by molar-refractivity contribution is 5.77. The Hall–Kier alpha value is -1.55. The van der Waals surface area contributed by atoms with Crippen molar-refractivity contribution in [3.8, 4) is 5.75 Å². The number of aromatic hydroxyl groups is 1. The monoisotopic (exact) mass is 260 g/mol. The molecular weight excluding hydrogens is 240 g/mol. The summed E-state index contributed by atoms with van der Waals surface area (Å²) in [6.45, 7) is 2.70. The highest BCUT2D eigenvalue weighted by atomic mass is 16.3. The van der Waals surface area contributed by atoms with Crippen LogP contribution in [0.2, 0.25) is 0 Å². The molecular formula is C15H20N2O2. The number of rotatable bonds is 2. The minimum Gasteiger partial charge on any atom is -0.508 e. The second-order valence-corrected chi connectivity index (χ2v) is 5.55. The standard InChI is InChI=1S/C15H20N2O2/c18-13-4-1-11(2-5-13)10-17-14-7-8-16-9-12(14)3-6-15(17)19/h1-2,4-5,12,14,16,18H,3,6-10H2. The van der Waals surface area contributed by atoms with Crippen LogP contribution in [0.3, 0.4) is 0 Å². The number of phenols is 1. The second-order valence-electron chi connectivity index (χ2n) is 5.55. The number of hydrogen-bond acceptors (Lipinski definition) is 3. The van der Waals surface area contributed by atoms with Crippen LogP contribution >= 0.6 is 0 Å². The van der Waals surface area contributed by atoms with Crippen LogP contribution < -0.4 is 5.32 Å². The maximum absolute atomic E-state index is 12.2. The van der Waals surface area contributed by atoms with Crippen molar-refractivity contribution in [1.82, 2.24) is 10.2 Å². The van der Waals surface area contributed by atoms with Gasteiger partial charge in [0.05, 0.1) is 0 Å². The van der Waals surface area contributed by atoms with Gasteiger partial charge in [0.2, 0.25) is 5.91 Å². The maximum Gasteiger partial charge on any atom is 0.223 e. The Morgan fingerprint density at radius 3 is 2.84 bits per heavy atom. The summed E-state index contributed by atoms with van der Waals surface area (Å²) >= 11 is 0. The van der Waals surface area contributed by atoms with E-state index in [0.717, 1.165) is 31.5 Å². The summed E-state index contributed by atoms with van der Waals surface area (Å²) in [4.78, 5) is 14.2. The summed E-state index contributed by atoms with van der Waals surface area (Å²) in [5, 5.41) is 12.7. The van der Waals surface area contributed by atoms with Crippen molar-refractivity contribution < 1.29 is 9.90 Å². The maximum atomic E-state index is 12.2. The van der Waals surface area contributed by atoms with Crippen molar-refractivity contribution in [2.45, 2.75) is 31.8 Å². The van der Waals surface area contributed by atoms with E-state index < -0.39 is 0 Å². The molecule has 2 aliphatic rings. The summed E-state index contributed by atoms with van der Waals surface area (Å²) in [5.41, 5.74) is 1.09. The molecule has 0 radical (unpaired) electrons. The second kappa shape index (κ2) is 5.21. The van der Waals surface area contributed by atoms with Gasteiger partial charge in [0.15, 0.2) is 0 Å². The molecule has 19 heavy (non-hydrogen) atoms. The Balaban J connectivity index is 1.76. The first kappa shape index (κ1) is 12.5. The average molecular weight is 260 g/mol. The Morgan fingerprint density at radius 2 is 2.05 bits per heavy atom. The number of amides is 1. The third kappa shape index (κ3) is 2.59. The van der Waals surface area contributed by atoms with Gasteiger partial charge in [-0.1, -0.05) is 12.1 Å². The van der Waals surface area contributed by atoms with Crippen LogP contribution in [-0.2, 0) is 11.3 Å². The Bertz CT molecular complexity index is 458. The van der Waals surface area contributed by atoms with E-state index in [9.17, 15) is 9.90 Å². The number of carbonyl (C=O) groups is 1. The van der Waals surface area contributed by atoms with E-state index in [0.29, 0.717) is 24.9 Å². The zero-order chi connectivity index (χ0) is 13.2. The van der Waals surface area contributed by atoms with Gasteiger partial charge in [-0.05, 0) is 49.5 Å². The van der Waals surface area contributed by atoms with E-state index in [-0.39, 0.29) is 11.7 Å². The quantitative estimate of drug-likeness (QED) is 0.847. The lowest BCUT2D eigenvalue weighted by molar-refractivity contribution is -0.140. The number of benzene rings is 1. The highest BCUT2D eigenvalue weighted by Crippen LogP contribution is 2.30. The first-order chi connectivity index (χ1) is 9.24. The molecule has 1 aromatic carbocycles. The molecule has 0 bridgehead atoms. The summed E-state index contributed by atoms with van der Waals surface area (Å²) in [6, 6.07) is 7.55. The molecule has 4 nitrogen and oxygen atoms in total. The van der Waals surface area contributed by atoms with Crippen LogP contribution in [0, 0.1) is 5.92 Å². The summed E-state index contributed by atoms with van der Waals surface area (Å²) < 4.78 is 0. The highest BCUT2D eigenvalue weighted by Gasteiger charge is 2.36. The molecule has 2 unspecified atom stereocenters. The minimum atomic E-state index is 0.272. The van der Waals surface area contributed by atoms with E-state index in [4.69, 9.17) is 0 Å². The van der Waals surface area contributed by atoms with Gasteiger partial charge in [0, 0.05) is 19.0 Å². The van der Waals surface area contributed by atoms with Crippen LogP contribution in [0.4, 0.5) is 0 Å². The number of fused-ring (bicyclic) bond motifs is 1. The van der Waals surface area contributed by atoms with E-state index in [1.165, 1.54) is 0 Å². The molecule has 2 aliphatic heterocycles. The fourth-order valence-corrected chi connectivity index (χ4v) is 3.25. The van der Waals surface area contributed by atoms with Gasteiger partial charge in [0.1, 0.15) is 5.75 Å². The van der Waals surface area contributed by atoms with Crippen molar-refractivity contribution in [3.63, 3.8) is 0 Å². The number of nitrogens with one attached hydrogen (secondary N) is 1. The molecule has 0 saturated carbocycles. The lowest BCUT2D eigenvalue weighted by Crippen LogP contribution is -2.54. The minimum absolute atomic E-state index is 0.272. The van der Waals surface area contributed by atoms with Gasteiger partial charge in [-0.15, -0.1) is 0 Å². The summed E-state index contributed by atoms with van der Waals surface area (Å²) in [6.07, 6.45) is 2.73. The van der Waals surface area contributed by atoms with Crippen molar-refractivity contribution >= 4 is 5.91 Å². The summed E-state index contributed by atoms with van der Waals surface area (Å²) in [7, 11) is 0. The molecule has 4 heteroatoms. The first-order valence-electron chi connectivity index (χ1n) is 7.02. The number of piperidine rings is 2. The van der Waals surface area contributed by atoms with Crippen molar-refractivity contribution in [2.24, 2.45) is 5.92 Å². The van der Waals surface area contributed by atoms with E-state index in [1.807, 2.05) is 17.0 Å². The van der Waals surface area contributed by atoms with E-state index >= 15 is 0 Å². The smallest absolute Gasteiger partial charge is 0.223 e. The number of hydrogen-bond donors (Lipinski definition) is 2. The van der Waals surface area contributed by atoms with Crippen LogP contribution in [0.15, 0.2) is 24.3 Å². The average Bonchev–Trinajstić information content (AvgIpc) is 2.44. The number of carbonyl (C=O) groups excluding carboxylic acids is 1. The van der Waals surface area contributed by atoms with Crippen molar-refractivity contribution in [2.75, 3.05) is 13.1 Å². The van der Waals surface area contributed by atoms with Crippen LogP contribution in [-0.4, -0.2) is 35.0 Å². The van der Waals surface area contributed by atoms with Crippen molar-refractivity contribution in [1.29, 1.82) is 0 Å². The molecule has 2 heterocycles. The zero-order valence-corrected chi connectivity index (χ0v) is 11.0. The molecule has 3 rings (SSSR count). The molecule has 1 amide bonds. The Labute approximate surface area is 113 Å². The number of likely N-dealkylation sites (tertiary alicyclic amines) is 1. The zero-order valence-electron chi connectivity index (χ0n) is 11.0. The third-order valence-electron chi connectivity index (χ3n) is 4.31. The largest absolute Gasteiger partial charge is 0.508 e. The molecule has 2 fully saturated rings. The molecule has 0 spiro atoms. The molecule has 2 atom stereocenters. The molecule has 102 valence electrons. The van der Waals surface area contributed by atoms with Crippen molar-refractivity contribution in [3.05, 3.63) is 29.8 Å². The lowest BCUT2D eigenvalue weighted by atomic mass is 9.84. The number of phenolic OH excluding ortho intramolecular Hbond substituents is 1. The molecule has 0 aromatic heterocycles. The van der Waals surface area contributed by atoms with Gasteiger partial charge >= 0.3 is 0 Å². The predicted octanol–water partition coefficient (Wildman–Crippen LogP) is 1.49. The van der Waals surface area contributed by atoms with Crippen LogP contribution in [0.5, 0.6) is 5.75 Å². The predicted molar refractivity (Wildman–Crippen MR) is 72.7 cm³/mol. The Morgan fingerprint density at radius 1 is 1.26 bits per heavy atom. The Kier molecular flexibility index (Phi) is 3.42. The van der Waals surface area contributed by atoms with Gasteiger partial charge in [-0.25, -0.2) is 0 Å². The van der Waals surface area contributed by atoms with Gasteiger partial charge in [0.25, 0.3) is 0 Å². The van der Waals surface area contributed by atoms with E-state index in [1.54, 1.807) is 12.1 Å². The van der Waals surface area contributed by atoms with Gasteiger partial charge < -0.3 is 15.3 Å². The molecule has 2 saturated heterocycles. The molecule has 1 aromatic rings. The number of nitrogens with zero attached hydrogens (tertiary/aromatic N) is 1. The normalized spacial score (nSPS) is 27.2. The van der Waals surface area contributed by atoms with Crippen LogP contribution in [0.1, 0.15) is 24.8 Å². The third-order valence-corrected chi connectivity index (χ3v) is 4.31. The van der Waals surface area contributed by atoms with E-state index in [2.05, 4.69) is 5.32 Å². The molecule has 2 N–H and O–H groups in total. The van der Waals surface area contributed by atoms with Crippen LogP contribution in [0.25, 0.3) is 0 Å². The SMILES string of the molecule is O=C1CCC2CNCCC2N1Cc1ccc(O)cc1. The first-order valence-corrected chi connectivity index (χ1v) is 7.02. The topological polar surface area (TPSA) is 52.6 Å². The van der Waals surface area contributed by atoms with Gasteiger partial charge in [-0.2, -0.15) is 0 Å². The molecule has 0 aliphatic carbocycles. The lowest BCUT2D eigenvalue weighted by Gasteiger charge is -2.44. The fraction of sp³-hybridized carbons (Fsp3) is 0.533. The fourth-order valence-electron chi connectivity index (χ4n) is 3.25. The summed E-state index contributed by atoms with van der Waals surface area (Å²) in [5.74, 6) is 1.15. The van der Waals surface area contributed by atoms with Gasteiger partial charge in [-0.3, -0.25) is 4.79 Å².